The van der Waals surface area contributed by atoms with E-state index in [0.717, 1.165) is 0 Å². The van der Waals surface area contributed by atoms with Crippen LogP contribution in [0.4, 0.5) is 52.7 Å². The van der Waals surface area contributed by atoms with Crippen LogP contribution in [-0.4, -0.2) is 43.1 Å². The van der Waals surface area contributed by atoms with Crippen molar-refractivity contribution < 1.29 is 52.7 Å². The summed E-state index contributed by atoms with van der Waals surface area (Å²) in [5, 5.41) is 0. The smallest absolute Gasteiger partial charge is 0.204 e. The topological polar surface area (TPSA) is 14.1 Å². The highest BCUT2D eigenvalue weighted by Gasteiger charge is 2.39. The minimum atomic E-state index is -4.01. The Labute approximate surface area is 677 Å². The van der Waals surface area contributed by atoms with Gasteiger partial charge in [-0.25, -0.2) is 52.7 Å². The molecule has 644 valence electrons. The Kier molecular flexibility index (Phi) is 59.4. The fourth-order valence-electron chi connectivity index (χ4n) is 17.2. The Morgan fingerprint density at radius 3 is 0.402 bits per heavy atom. The highest BCUT2D eigenvalue weighted by Crippen LogP contribution is 2.56. The quantitative estimate of drug-likeness (QED) is 0.0104. The van der Waals surface area contributed by atoms with Crippen LogP contribution in [0, 0.1) is 69.8 Å². The van der Waals surface area contributed by atoms with E-state index in [9.17, 15) is 52.7 Å². The summed E-state index contributed by atoms with van der Waals surface area (Å²) in [5.74, 6) is -24.0. The van der Waals surface area contributed by atoms with Gasteiger partial charge in [-0.2, -0.15) is 26.0 Å². The standard InChI is InChI=1S/C72H150NP2.C24H8BF12/c1-7-13-19-25-31-37-43-49-55-61-67-74(68-62-56-50-44-38-32-26-20-14-8-2,69-63-57-51-45-39-33-27-21-15-9-3)73-75(70-64-58-52-46-40-34-28-22-16-10-4,71-65-59-53-47-41-35-29-23-17-11-5)72-66-60-54-48-42-36-30-24-18-12-6;26-13-1-9(2-14(27)21(13)34)25(10-3-15(28)22(35)16(29)4-10,11-5-17(30)23(36)18(31)6-11)12-7-19(32)24(37)20(33)8-12/h7-72H2,1-6H3;1-8H/q+1;-1. The molecule has 0 fully saturated rings. The average Bonchev–Trinajstić information content (AvgIpc) is 0.717. The van der Waals surface area contributed by atoms with Gasteiger partial charge in [0.25, 0.3) is 0 Å². The van der Waals surface area contributed by atoms with Crippen LogP contribution in [-0.2, 0) is 0 Å². The summed E-state index contributed by atoms with van der Waals surface area (Å²) < 4.78 is 177. The van der Waals surface area contributed by atoms with Crippen LogP contribution < -0.4 is 26.0 Å². The predicted octanol–water partition coefficient (Wildman–Crippen LogP) is 32.7. The van der Waals surface area contributed by atoms with E-state index in [-0.39, 0.29) is 48.5 Å². The lowest BCUT2D eigenvalue weighted by molar-refractivity contribution is 0.447. The van der Waals surface area contributed by atoms with Gasteiger partial charge in [0.2, 0.25) is 14.1 Å². The highest BCUT2D eigenvalue weighted by atomic mass is 31.2. The van der Waals surface area contributed by atoms with Crippen LogP contribution >= 0.6 is 14.1 Å². The van der Waals surface area contributed by atoms with E-state index in [1.165, 1.54) is 422 Å². The second-order valence-corrected chi connectivity index (χ2v) is 41.6. The number of benzene rings is 4. The zero-order valence-corrected chi connectivity index (χ0v) is 73.5. The Balaban J connectivity index is 0.000000722. The normalized spacial score (nSPS) is 12.0. The van der Waals surface area contributed by atoms with Gasteiger partial charge in [-0.1, -0.05) is 437 Å². The van der Waals surface area contributed by atoms with Crippen LogP contribution in [0.5, 0.6) is 0 Å². The zero-order valence-electron chi connectivity index (χ0n) is 71.7. The molecule has 0 aliphatic rings. The third-order valence-electron chi connectivity index (χ3n) is 24.0. The summed E-state index contributed by atoms with van der Waals surface area (Å²) in [7, 11) is -2.81. The lowest BCUT2D eigenvalue weighted by Gasteiger charge is -2.44. The number of nitrogens with zero attached hydrogens (tertiary/aromatic N) is 1. The molecule has 0 unspecified atom stereocenters. The third-order valence-corrected chi connectivity index (χ3v) is 33.9. The molecular weight excluding hydrogens is 1470 g/mol. The van der Waals surface area contributed by atoms with Gasteiger partial charge in [0, 0.05) is 37.0 Å². The van der Waals surface area contributed by atoms with Gasteiger partial charge < -0.3 is 0 Å². The molecule has 0 N–H and O–H groups in total. The summed E-state index contributed by atoms with van der Waals surface area (Å²) >= 11 is 0. The number of rotatable bonds is 70. The molecule has 0 radical (unpaired) electrons. The van der Waals surface area contributed by atoms with Gasteiger partial charge >= 0.3 is 0 Å². The minimum Gasteiger partial charge on any atom is -0.204 e. The fourth-order valence-corrected chi connectivity index (χ4v) is 28.7. The largest absolute Gasteiger partial charge is 0.216 e. The monoisotopic (exact) mass is 1630 g/mol. The van der Waals surface area contributed by atoms with Crippen molar-refractivity contribution in [1.29, 1.82) is 0 Å². The SMILES string of the molecule is CCCCCCCCCCCCP(CCCCCCCCCCCC)(CCCCCCCCCCCC)=[N+]=P(CCCCCCCCCCCC)(CCCCCCCCCCCC)CCCCCCCCCCCC.Fc1cc([B-](c2cc(F)c(F)c(F)c2)(c2cc(F)c(F)c(F)c2)c2cc(F)c(F)c(F)c2)cc(F)c1F. The van der Waals surface area contributed by atoms with E-state index in [1.807, 2.05) is 0 Å². The van der Waals surface area contributed by atoms with Crippen LogP contribution in [0.25, 0.3) is 0 Å². The molecule has 1 nitrogen and oxygen atoms in total. The number of halogens is 12. The maximum atomic E-state index is 14.4. The van der Waals surface area contributed by atoms with Crippen molar-refractivity contribution in [3.63, 3.8) is 0 Å². The fraction of sp³-hybridized carbons (Fsp3) is 0.750. The van der Waals surface area contributed by atoms with Crippen molar-refractivity contribution in [2.75, 3.05) is 37.0 Å². The molecule has 0 saturated heterocycles. The number of unbranched alkanes of at least 4 members (excludes halogenated alkanes) is 54. The highest BCUT2D eigenvalue weighted by molar-refractivity contribution is 7.73. The maximum absolute atomic E-state index is 14.4. The Morgan fingerprint density at radius 2 is 0.286 bits per heavy atom. The molecule has 0 spiro atoms. The average molecular weight is 1630 g/mol. The summed E-state index contributed by atoms with van der Waals surface area (Å²) in [4.78, 5) is 0. The zero-order chi connectivity index (χ0) is 81.8. The molecule has 0 amide bonds. The summed E-state index contributed by atoms with van der Waals surface area (Å²) in [6.45, 7) is 14.2. The molecule has 16 heteroatoms. The second kappa shape index (κ2) is 64.6. The van der Waals surface area contributed by atoms with Gasteiger partial charge in [-0.3, -0.25) is 0 Å². The van der Waals surface area contributed by atoms with E-state index >= 15 is 0 Å². The molecule has 0 aliphatic carbocycles. The van der Waals surface area contributed by atoms with Crippen molar-refractivity contribution in [1.82, 2.24) is 4.17 Å². The van der Waals surface area contributed by atoms with E-state index in [0.29, 0.717) is 0 Å². The molecule has 4 aromatic carbocycles. The summed E-state index contributed by atoms with van der Waals surface area (Å²) in [5.41, 5.74) is -3.79. The van der Waals surface area contributed by atoms with Gasteiger partial charge in [-0.05, 0) is 38.5 Å². The number of hydrogen-bond acceptors (Lipinski definition) is 0. The van der Waals surface area contributed by atoms with Gasteiger partial charge in [0.1, 0.15) is 6.15 Å². The Bertz CT molecular complexity index is 2620. The van der Waals surface area contributed by atoms with Crippen LogP contribution in [0.2, 0.25) is 0 Å². The molecule has 0 saturated carbocycles. The first-order valence-electron chi connectivity index (χ1n) is 46.6. The van der Waals surface area contributed by atoms with Gasteiger partial charge in [0.15, 0.2) is 69.8 Å². The summed E-state index contributed by atoms with van der Waals surface area (Å²) in [6, 6.07) is 1.41. The minimum absolute atomic E-state index is 0.177. The van der Waals surface area contributed by atoms with Crippen LogP contribution in [0.3, 0.4) is 0 Å². The maximum Gasteiger partial charge on any atom is 0.216 e. The van der Waals surface area contributed by atoms with E-state index in [4.69, 9.17) is 4.17 Å². The van der Waals surface area contributed by atoms with Crippen molar-refractivity contribution in [3.05, 3.63) is 118 Å². The van der Waals surface area contributed by atoms with E-state index in [2.05, 4.69) is 41.5 Å². The second-order valence-electron chi connectivity index (χ2n) is 33.8. The lowest BCUT2D eigenvalue weighted by atomic mass is 9.13. The molecule has 0 heterocycles. The summed E-state index contributed by atoms with van der Waals surface area (Å²) in [6.07, 6.45) is 93.2. The molecule has 0 bridgehead atoms. The lowest BCUT2D eigenvalue weighted by Crippen LogP contribution is -2.75. The van der Waals surface area contributed by atoms with Crippen LogP contribution in [0.1, 0.15) is 427 Å². The first kappa shape index (κ1) is 103. The molecule has 112 heavy (non-hydrogen) atoms. The van der Waals surface area contributed by atoms with Crippen LogP contribution in [0.15, 0.2) is 48.5 Å². The molecule has 4 aromatic rings. The van der Waals surface area contributed by atoms with Crippen molar-refractivity contribution in [3.8, 4) is 0 Å². The molecule has 4 rings (SSSR count). The van der Waals surface area contributed by atoms with Crippen molar-refractivity contribution in [2.24, 2.45) is 0 Å². The first-order valence-corrected chi connectivity index (χ1v) is 51.2. The predicted molar refractivity (Wildman–Crippen MR) is 466 cm³/mol. The van der Waals surface area contributed by atoms with Gasteiger partial charge in [0.05, 0.1) is 0 Å². The Hall–Kier alpha value is -3.33. The van der Waals surface area contributed by atoms with Crippen molar-refractivity contribution >= 4 is 42.1 Å². The molecular formula is C96H158BF12NP2. The van der Waals surface area contributed by atoms with E-state index < -0.39 is 112 Å². The first-order chi connectivity index (χ1) is 54.4. The molecule has 0 atom stereocenters. The third kappa shape index (κ3) is 41.9. The Morgan fingerprint density at radius 1 is 0.179 bits per heavy atom. The van der Waals surface area contributed by atoms with Crippen molar-refractivity contribution in [2.45, 2.75) is 427 Å². The molecule has 0 aliphatic heterocycles. The van der Waals surface area contributed by atoms with Gasteiger partial charge in [-0.15, -0.1) is 0 Å². The van der Waals surface area contributed by atoms with E-state index in [1.54, 1.807) is 0 Å². The number of hydrogen-bond donors (Lipinski definition) is 0. The molecule has 0 aromatic heterocycles.